The fraction of sp³-hybridized carbons (Fsp3) is 0.500. The summed E-state index contributed by atoms with van der Waals surface area (Å²) in [7, 11) is 1.87. The van der Waals surface area contributed by atoms with Crippen LogP contribution in [-0.2, 0) is 26.4 Å². The molecule has 1 rings (SSSR count). The fourth-order valence-electron chi connectivity index (χ4n) is 0.465. The Kier molecular flexibility index (Phi) is 1.47. The van der Waals surface area contributed by atoms with Crippen LogP contribution in [0.4, 0.5) is 0 Å². The number of aromatic nitrogens is 2. The van der Waals surface area contributed by atoms with E-state index in [0.717, 1.165) is 9.76 Å². The van der Waals surface area contributed by atoms with E-state index in [0.29, 0.717) is 0 Å². The van der Waals surface area contributed by atoms with Gasteiger partial charge in [-0.05, 0) is 0 Å². The molecule has 0 radical (unpaired) electrons. The predicted octanol–water partition coefficient (Wildman–Crippen LogP) is 0.400. The van der Waals surface area contributed by atoms with Crippen LogP contribution in [-0.4, -0.2) is 9.78 Å². The van der Waals surface area contributed by atoms with Crippen molar-refractivity contribution in [1.29, 1.82) is 0 Å². The molecule has 0 bridgehead atoms. The van der Waals surface area contributed by atoms with E-state index in [9.17, 15) is 0 Å². The average Bonchev–Trinajstić information content (AvgIpc) is 1.85. The summed E-state index contributed by atoms with van der Waals surface area (Å²) in [5.74, 6) is 0.734. The molecule has 0 aliphatic carbocycles. The van der Waals surface area contributed by atoms with E-state index in [2.05, 4.69) is 5.10 Å². The normalized spacial score (nSPS) is 9.75. The molecule has 0 N–H and O–H groups in total. The summed E-state index contributed by atoms with van der Waals surface area (Å²) < 4.78 is 7.76. The van der Waals surface area contributed by atoms with Gasteiger partial charge in [0.15, 0.2) is 0 Å². The van der Waals surface area contributed by atoms with Crippen molar-refractivity contribution in [2.45, 2.75) is 6.92 Å². The first kappa shape index (κ1) is 5.96. The van der Waals surface area contributed by atoms with Crippen LogP contribution in [0.15, 0.2) is 4.42 Å². The maximum absolute atomic E-state index is 5.10. The van der Waals surface area contributed by atoms with Crippen molar-refractivity contribution in [3.8, 4) is 0 Å². The number of hydrogen-bond acceptors (Lipinski definition) is 2. The summed E-state index contributed by atoms with van der Waals surface area (Å²) in [4.78, 5) is 0. The summed E-state index contributed by atoms with van der Waals surface area (Å²) in [6.07, 6.45) is 0. The Morgan fingerprint density at radius 3 is 2.50 bits per heavy atom. The fourth-order valence-corrected chi connectivity index (χ4v) is 1.04. The third-order valence-corrected chi connectivity index (χ3v) is 2.04. The zero-order valence-electron chi connectivity index (χ0n) is 4.71. The first-order valence-electron chi connectivity index (χ1n) is 2.21. The van der Waals surface area contributed by atoms with Crippen LogP contribution in [0.25, 0.3) is 0 Å². The first-order valence-corrected chi connectivity index (χ1v) is 3.67. The Morgan fingerprint density at radius 1 is 1.75 bits per heavy atom. The van der Waals surface area contributed by atoms with Crippen molar-refractivity contribution in [3.05, 3.63) is 9.76 Å². The molecule has 0 aliphatic heterocycles. The zero-order valence-corrected chi connectivity index (χ0v) is 7.64. The zero-order chi connectivity index (χ0) is 6.15. The van der Waals surface area contributed by atoms with Crippen LogP contribution in [0.3, 0.4) is 0 Å². The second-order valence-corrected chi connectivity index (χ2v) is 2.77. The van der Waals surface area contributed by atoms with Crippen LogP contribution in [0.5, 0.6) is 0 Å². The van der Waals surface area contributed by atoms with Gasteiger partial charge in [0.1, 0.15) is 0 Å². The standard InChI is InChI=1S/C4H6N2O.W/c1-4-5-6(2)3-7-4;/h1-2H3;. The quantitative estimate of drug-likeness (QED) is 0.689. The Bertz CT molecular complexity index is 236. The second kappa shape index (κ2) is 1.98. The third kappa shape index (κ3) is 0.971. The van der Waals surface area contributed by atoms with E-state index in [1.807, 2.05) is 14.0 Å². The predicted molar refractivity (Wildman–Crippen MR) is 23.5 cm³/mol. The van der Waals surface area contributed by atoms with Gasteiger partial charge in [0.05, 0.1) is 0 Å². The molecule has 1 aromatic heterocycles. The number of nitrogens with zero attached hydrogens (tertiary/aromatic N) is 2. The van der Waals surface area contributed by atoms with Crippen molar-refractivity contribution in [2.24, 2.45) is 7.05 Å². The van der Waals surface area contributed by atoms with Gasteiger partial charge in [-0.3, -0.25) is 0 Å². The molecular formula is C4H6N2OW. The number of hydrogen-bond donors (Lipinski definition) is 0. The van der Waals surface area contributed by atoms with Gasteiger partial charge in [-0.1, -0.05) is 0 Å². The molecule has 3 nitrogen and oxygen atoms in total. The number of rotatable bonds is 0. The SMILES string of the molecule is Cc1nn(C)[c](=[W])o1. The van der Waals surface area contributed by atoms with Crippen LogP contribution in [0.2, 0.25) is 0 Å². The van der Waals surface area contributed by atoms with Crippen LogP contribution >= 0.6 is 0 Å². The minimum absolute atomic E-state index is 0.734. The van der Waals surface area contributed by atoms with E-state index in [1.54, 1.807) is 4.68 Å². The maximum atomic E-state index is 5.10. The van der Waals surface area contributed by atoms with Gasteiger partial charge in [-0.15, -0.1) is 0 Å². The van der Waals surface area contributed by atoms with Gasteiger partial charge in [0.2, 0.25) is 0 Å². The topological polar surface area (TPSA) is 31.0 Å². The molecular weight excluding hydrogens is 276 g/mol. The monoisotopic (exact) mass is 282 g/mol. The van der Waals surface area contributed by atoms with Crippen molar-refractivity contribution >= 4 is 0 Å². The van der Waals surface area contributed by atoms with Crippen molar-refractivity contribution in [2.75, 3.05) is 0 Å². The Morgan fingerprint density at radius 2 is 2.38 bits per heavy atom. The molecule has 1 heterocycles. The average molecular weight is 282 g/mol. The van der Waals surface area contributed by atoms with Crippen LogP contribution < -0.4 is 0 Å². The Hall–Kier alpha value is -0.172. The molecule has 0 aromatic carbocycles. The van der Waals surface area contributed by atoms with Gasteiger partial charge < -0.3 is 0 Å². The van der Waals surface area contributed by atoms with Gasteiger partial charge in [-0.25, -0.2) is 0 Å². The molecule has 44 valence electrons. The molecule has 1 aromatic rings. The van der Waals surface area contributed by atoms with Crippen molar-refractivity contribution in [1.82, 2.24) is 9.78 Å². The second-order valence-electron chi connectivity index (χ2n) is 1.51. The van der Waals surface area contributed by atoms with Gasteiger partial charge in [0, 0.05) is 0 Å². The number of aryl methyl sites for hydroxylation is 2. The van der Waals surface area contributed by atoms with Gasteiger partial charge >= 0.3 is 57.3 Å². The molecule has 0 aliphatic rings. The van der Waals surface area contributed by atoms with E-state index in [4.69, 9.17) is 4.42 Å². The summed E-state index contributed by atoms with van der Waals surface area (Å²) in [6, 6.07) is 0. The first-order chi connectivity index (χ1) is 3.70. The molecule has 0 fully saturated rings. The Balaban J connectivity index is 3.35. The molecule has 0 unspecified atom stereocenters. The molecule has 0 spiro atoms. The van der Waals surface area contributed by atoms with Gasteiger partial charge in [0.25, 0.3) is 0 Å². The molecule has 0 amide bonds. The van der Waals surface area contributed by atoms with E-state index in [-0.39, 0.29) is 0 Å². The van der Waals surface area contributed by atoms with Gasteiger partial charge in [-0.2, -0.15) is 0 Å². The Labute approximate surface area is 57.7 Å². The van der Waals surface area contributed by atoms with Crippen molar-refractivity contribution in [3.63, 3.8) is 0 Å². The van der Waals surface area contributed by atoms with E-state index >= 15 is 0 Å². The van der Waals surface area contributed by atoms with Crippen molar-refractivity contribution < 1.29 is 23.8 Å². The van der Waals surface area contributed by atoms with E-state index < -0.39 is 0 Å². The third-order valence-electron chi connectivity index (χ3n) is 0.790. The molecule has 4 heteroatoms. The summed E-state index contributed by atoms with van der Waals surface area (Å²) in [5.41, 5.74) is 0. The van der Waals surface area contributed by atoms with E-state index in [1.165, 1.54) is 19.4 Å². The minimum atomic E-state index is 0.734. The summed E-state index contributed by atoms with van der Waals surface area (Å²) in [5, 5.41) is 3.98. The molecule has 0 saturated carbocycles. The molecule has 8 heavy (non-hydrogen) atoms. The molecule has 0 saturated heterocycles. The van der Waals surface area contributed by atoms with Crippen LogP contribution in [0.1, 0.15) is 5.89 Å². The van der Waals surface area contributed by atoms with Crippen LogP contribution in [0, 0.1) is 10.8 Å². The molecule has 0 atom stereocenters. The summed E-state index contributed by atoms with van der Waals surface area (Å²) in [6.45, 7) is 1.84. The summed E-state index contributed by atoms with van der Waals surface area (Å²) >= 11 is 1.31.